The van der Waals surface area contributed by atoms with Gasteiger partial charge in [-0.3, -0.25) is 4.79 Å². The highest BCUT2D eigenvalue weighted by molar-refractivity contribution is 7.89. The molecule has 1 aromatic carbocycles. The SMILES string of the molecule is COC(=O)c1ccccc1S(=O)(=O)N1CCC(C(=O)Nc2ccc(Cl)cn2)CC1. The molecule has 1 saturated heterocycles. The number of anilines is 1. The van der Waals surface area contributed by atoms with Crippen molar-refractivity contribution in [3.8, 4) is 0 Å². The topological polar surface area (TPSA) is 106 Å². The highest BCUT2D eigenvalue weighted by Crippen LogP contribution is 2.27. The molecule has 0 bridgehead atoms. The first-order chi connectivity index (χ1) is 13.8. The number of carbonyl (C=O) groups excluding carboxylic acids is 2. The van der Waals surface area contributed by atoms with Gasteiger partial charge in [0.1, 0.15) is 5.82 Å². The van der Waals surface area contributed by atoms with Gasteiger partial charge in [-0.1, -0.05) is 23.7 Å². The van der Waals surface area contributed by atoms with Crippen molar-refractivity contribution in [1.82, 2.24) is 9.29 Å². The van der Waals surface area contributed by atoms with Crippen molar-refractivity contribution in [2.45, 2.75) is 17.7 Å². The van der Waals surface area contributed by atoms with Crippen LogP contribution in [0.25, 0.3) is 0 Å². The molecule has 1 aromatic heterocycles. The van der Waals surface area contributed by atoms with E-state index in [2.05, 4.69) is 15.0 Å². The van der Waals surface area contributed by atoms with Gasteiger partial charge in [0.2, 0.25) is 15.9 Å². The predicted molar refractivity (Wildman–Crippen MR) is 107 cm³/mol. The van der Waals surface area contributed by atoms with Gasteiger partial charge in [0.15, 0.2) is 0 Å². The molecule has 0 aliphatic carbocycles. The summed E-state index contributed by atoms with van der Waals surface area (Å²) in [5, 5.41) is 3.18. The fourth-order valence-corrected chi connectivity index (χ4v) is 4.91. The average Bonchev–Trinajstić information content (AvgIpc) is 2.74. The minimum absolute atomic E-state index is 0.0105. The number of sulfonamides is 1. The summed E-state index contributed by atoms with van der Waals surface area (Å²) in [5.41, 5.74) is -0.0105. The lowest BCUT2D eigenvalue weighted by Crippen LogP contribution is -2.41. The molecule has 0 atom stereocenters. The summed E-state index contributed by atoms with van der Waals surface area (Å²) in [4.78, 5) is 28.3. The lowest BCUT2D eigenvalue weighted by Gasteiger charge is -2.30. The third-order valence-corrected chi connectivity index (χ3v) is 6.89. The van der Waals surface area contributed by atoms with Crippen LogP contribution in [0.15, 0.2) is 47.5 Å². The van der Waals surface area contributed by atoms with E-state index in [0.717, 1.165) is 0 Å². The molecule has 3 rings (SSSR count). The summed E-state index contributed by atoms with van der Waals surface area (Å²) in [7, 11) is -2.69. The number of benzene rings is 1. The van der Waals surface area contributed by atoms with Crippen LogP contribution in [0.3, 0.4) is 0 Å². The van der Waals surface area contributed by atoms with Crippen molar-refractivity contribution in [3.05, 3.63) is 53.2 Å². The Kier molecular flexibility index (Phi) is 6.51. The summed E-state index contributed by atoms with van der Waals surface area (Å²) in [5.74, 6) is -0.878. The maximum Gasteiger partial charge on any atom is 0.339 e. The number of aromatic nitrogens is 1. The highest BCUT2D eigenvalue weighted by Gasteiger charge is 2.34. The number of carbonyl (C=O) groups is 2. The van der Waals surface area contributed by atoms with Crippen LogP contribution in [0.5, 0.6) is 0 Å². The molecule has 10 heteroatoms. The number of amides is 1. The number of hydrogen-bond donors (Lipinski definition) is 1. The van der Waals surface area contributed by atoms with E-state index >= 15 is 0 Å². The van der Waals surface area contributed by atoms with Crippen LogP contribution < -0.4 is 5.32 Å². The highest BCUT2D eigenvalue weighted by atomic mass is 35.5. The van der Waals surface area contributed by atoms with E-state index in [9.17, 15) is 18.0 Å². The number of pyridine rings is 1. The average molecular weight is 438 g/mol. The number of nitrogens with zero attached hydrogens (tertiary/aromatic N) is 2. The lowest BCUT2D eigenvalue weighted by molar-refractivity contribution is -0.120. The van der Waals surface area contributed by atoms with Crippen molar-refractivity contribution in [1.29, 1.82) is 0 Å². The van der Waals surface area contributed by atoms with Gasteiger partial charge in [-0.2, -0.15) is 4.31 Å². The molecule has 154 valence electrons. The number of piperidine rings is 1. The number of hydrogen-bond acceptors (Lipinski definition) is 6. The van der Waals surface area contributed by atoms with Gasteiger partial charge >= 0.3 is 5.97 Å². The van der Waals surface area contributed by atoms with Crippen LogP contribution in [-0.2, 0) is 19.6 Å². The lowest BCUT2D eigenvalue weighted by atomic mass is 9.97. The minimum Gasteiger partial charge on any atom is -0.465 e. The molecular formula is C19H20ClN3O5S. The second-order valence-electron chi connectivity index (χ2n) is 6.52. The molecule has 8 nitrogen and oxygen atoms in total. The third kappa shape index (κ3) is 4.75. The molecule has 1 aliphatic heterocycles. The van der Waals surface area contributed by atoms with Gasteiger partial charge in [0.05, 0.1) is 22.6 Å². The van der Waals surface area contributed by atoms with Gasteiger partial charge in [0, 0.05) is 25.2 Å². The summed E-state index contributed by atoms with van der Waals surface area (Å²) in [6.45, 7) is 0.341. The molecule has 0 spiro atoms. The molecule has 1 amide bonds. The van der Waals surface area contributed by atoms with Gasteiger partial charge < -0.3 is 10.1 Å². The van der Waals surface area contributed by atoms with E-state index in [-0.39, 0.29) is 35.4 Å². The van der Waals surface area contributed by atoms with E-state index in [1.54, 1.807) is 24.3 Å². The Morgan fingerprint density at radius 1 is 1.17 bits per heavy atom. The Morgan fingerprint density at radius 3 is 2.48 bits per heavy atom. The van der Waals surface area contributed by atoms with E-state index in [1.807, 2.05) is 0 Å². The van der Waals surface area contributed by atoms with Crippen LogP contribution in [0.2, 0.25) is 5.02 Å². The van der Waals surface area contributed by atoms with E-state index < -0.39 is 16.0 Å². The van der Waals surface area contributed by atoms with Crippen LogP contribution in [0, 0.1) is 5.92 Å². The minimum atomic E-state index is -3.89. The maximum atomic E-state index is 13.0. The molecule has 0 unspecified atom stereocenters. The molecule has 1 aliphatic rings. The Morgan fingerprint density at radius 2 is 1.86 bits per heavy atom. The summed E-state index contributed by atoms with van der Waals surface area (Å²) in [6, 6.07) is 9.15. The van der Waals surface area contributed by atoms with Crippen LogP contribution in [-0.4, -0.2) is 49.8 Å². The van der Waals surface area contributed by atoms with Crippen molar-refractivity contribution in [2.24, 2.45) is 5.92 Å². The van der Waals surface area contributed by atoms with Gasteiger partial charge in [-0.15, -0.1) is 0 Å². The largest absolute Gasteiger partial charge is 0.465 e. The predicted octanol–water partition coefficient (Wildman–Crippen LogP) is 2.56. The Balaban J connectivity index is 1.68. The molecule has 2 heterocycles. The summed E-state index contributed by atoms with van der Waals surface area (Å²) in [6.07, 6.45) is 2.16. The van der Waals surface area contributed by atoms with Crippen molar-refractivity contribution in [3.63, 3.8) is 0 Å². The molecule has 1 N–H and O–H groups in total. The molecule has 0 saturated carbocycles. The van der Waals surface area contributed by atoms with Crippen LogP contribution >= 0.6 is 11.6 Å². The summed E-state index contributed by atoms with van der Waals surface area (Å²) < 4.78 is 32.0. The number of halogens is 1. The number of esters is 1. The van der Waals surface area contributed by atoms with Crippen molar-refractivity contribution < 1.29 is 22.7 Å². The molecule has 2 aromatic rings. The number of nitrogens with one attached hydrogen (secondary N) is 1. The number of rotatable bonds is 5. The van der Waals surface area contributed by atoms with Crippen LogP contribution in [0.4, 0.5) is 5.82 Å². The van der Waals surface area contributed by atoms with Gasteiger partial charge in [-0.05, 0) is 37.1 Å². The smallest absolute Gasteiger partial charge is 0.339 e. The maximum absolute atomic E-state index is 13.0. The molecular weight excluding hydrogens is 418 g/mol. The van der Waals surface area contributed by atoms with Crippen LogP contribution in [0.1, 0.15) is 23.2 Å². The van der Waals surface area contributed by atoms with Crippen molar-refractivity contribution >= 4 is 39.3 Å². The molecule has 1 fully saturated rings. The normalized spacial score (nSPS) is 15.7. The summed E-state index contributed by atoms with van der Waals surface area (Å²) >= 11 is 5.78. The number of ether oxygens (including phenoxy) is 1. The van der Waals surface area contributed by atoms with Crippen molar-refractivity contribution in [2.75, 3.05) is 25.5 Å². The second kappa shape index (κ2) is 8.89. The first-order valence-corrected chi connectivity index (χ1v) is 10.7. The van der Waals surface area contributed by atoms with E-state index in [4.69, 9.17) is 11.6 Å². The Bertz CT molecular complexity index is 1000. The first-order valence-electron chi connectivity index (χ1n) is 8.93. The Labute approximate surface area is 173 Å². The standard InChI is InChI=1S/C19H20ClN3O5S/c1-28-19(25)15-4-2-3-5-16(15)29(26,27)23-10-8-13(9-11-23)18(24)22-17-7-6-14(20)12-21-17/h2-7,12-13H,8-11H2,1H3,(H,21,22,24). The Hall–Kier alpha value is -2.49. The quantitative estimate of drug-likeness (QED) is 0.720. The zero-order chi connectivity index (χ0) is 21.0. The monoisotopic (exact) mass is 437 g/mol. The fraction of sp³-hybridized carbons (Fsp3) is 0.316. The molecule has 0 radical (unpaired) electrons. The van der Waals surface area contributed by atoms with E-state index in [0.29, 0.717) is 23.7 Å². The first kappa shape index (κ1) is 21.2. The van der Waals surface area contributed by atoms with E-state index in [1.165, 1.54) is 29.7 Å². The zero-order valence-corrected chi connectivity index (χ0v) is 17.2. The molecule has 29 heavy (non-hydrogen) atoms. The third-order valence-electron chi connectivity index (χ3n) is 4.71. The van der Waals surface area contributed by atoms with Gasteiger partial charge in [0.25, 0.3) is 0 Å². The fourth-order valence-electron chi connectivity index (χ4n) is 3.15. The number of methoxy groups -OCH3 is 1. The zero-order valence-electron chi connectivity index (χ0n) is 15.7. The van der Waals surface area contributed by atoms with Gasteiger partial charge in [-0.25, -0.2) is 18.2 Å². The second-order valence-corrected chi connectivity index (χ2v) is 8.86.